The molecule has 0 atom stereocenters. The lowest BCUT2D eigenvalue weighted by molar-refractivity contribution is -0.132. The number of ether oxygens (including phenoxy) is 1. The van der Waals surface area contributed by atoms with Gasteiger partial charge >= 0.3 is 0 Å². The monoisotopic (exact) mass is 453 g/mol. The number of aromatic nitrogens is 1. The Morgan fingerprint density at radius 3 is 2.52 bits per heavy atom. The van der Waals surface area contributed by atoms with Gasteiger partial charge in [-0.05, 0) is 36.4 Å². The molecule has 1 aromatic heterocycles. The molecule has 31 heavy (non-hydrogen) atoms. The normalized spacial score (nSPS) is 14.5. The van der Waals surface area contributed by atoms with Crippen LogP contribution in [-0.2, 0) is 11.3 Å². The summed E-state index contributed by atoms with van der Waals surface area (Å²) < 4.78 is 5.22. The quantitative estimate of drug-likeness (QED) is 0.465. The van der Waals surface area contributed by atoms with Gasteiger partial charge in [0.1, 0.15) is 10.8 Å². The first kappa shape index (κ1) is 21.9. The average Bonchev–Trinajstić information content (AvgIpc) is 3.29. The predicted octanol–water partition coefficient (Wildman–Crippen LogP) is 4.65. The van der Waals surface area contributed by atoms with Crippen LogP contribution in [0.2, 0.25) is 0 Å². The van der Waals surface area contributed by atoms with E-state index in [4.69, 9.17) is 9.72 Å². The zero-order valence-corrected chi connectivity index (χ0v) is 19.3. The molecule has 1 amide bonds. The predicted molar refractivity (Wildman–Crippen MR) is 128 cm³/mol. The lowest BCUT2D eigenvalue weighted by Crippen LogP contribution is -2.48. The number of carbonyl (C=O) groups is 1. The molecule has 5 nitrogen and oxygen atoms in total. The van der Waals surface area contributed by atoms with Crippen LogP contribution in [-0.4, -0.2) is 59.7 Å². The van der Waals surface area contributed by atoms with E-state index >= 15 is 0 Å². The van der Waals surface area contributed by atoms with E-state index in [1.54, 1.807) is 30.2 Å². The van der Waals surface area contributed by atoms with Crippen molar-refractivity contribution < 1.29 is 9.53 Å². The molecule has 4 rings (SSSR count). The summed E-state index contributed by atoms with van der Waals surface area (Å²) >= 11 is 3.44. The van der Waals surface area contributed by atoms with Crippen molar-refractivity contribution in [1.29, 1.82) is 0 Å². The van der Waals surface area contributed by atoms with Gasteiger partial charge < -0.3 is 9.64 Å². The number of rotatable bonds is 8. The molecule has 0 N–H and O–H groups in total. The summed E-state index contributed by atoms with van der Waals surface area (Å²) in [5.74, 6) is 1.94. The minimum atomic E-state index is 0.263. The Hall–Kier alpha value is -2.35. The first-order valence-electron chi connectivity index (χ1n) is 10.5. The van der Waals surface area contributed by atoms with E-state index in [0.29, 0.717) is 6.42 Å². The van der Waals surface area contributed by atoms with Crippen LogP contribution in [0.3, 0.4) is 0 Å². The highest BCUT2D eigenvalue weighted by Crippen LogP contribution is 2.25. The first-order chi connectivity index (χ1) is 15.2. The van der Waals surface area contributed by atoms with E-state index in [-0.39, 0.29) is 5.91 Å². The van der Waals surface area contributed by atoms with E-state index in [1.165, 1.54) is 4.90 Å². The fourth-order valence-electron chi connectivity index (χ4n) is 3.56. The first-order valence-corrected chi connectivity index (χ1v) is 12.3. The Morgan fingerprint density at radius 2 is 1.81 bits per heavy atom. The molecule has 3 aromatic rings. The minimum absolute atomic E-state index is 0.263. The molecule has 0 aliphatic carbocycles. The zero-order chi connectivity index (χ0) is 21.5. The molecule has 0 bridgehead atoms. The van der Waals surface area contributed by atoms with E-state index in [1.807, 2.05) is 47.4 Å². The number of hydrogen-bond donors (Lipinski definition) is 0. The Morgan fingerprint density at radius 1 is 1.06 bits per heavy atom. The number of amides is 1. The van der Waals surface area contributed by atoms with Crippen LogP contribution in [0.4, 0.5) is 0 Å². The molecular weight excluding hydrogens is 426 g/mol. The zero-order valence-electron chi connectivity index (χ0n) is 17.7. The number of thioether (sulfide) groups is 1. The Labute approximate surface area is 192 Å². The summed E-state index contributed by atoms with van der Waals surface area (Å²) in [7, 11) is 1.67. The standard InChI is InChI=1S/C24H27N3O2S2/c1-29-20-9-7-19(8-10-20)22-18-31-23(25-22)17-26-12-14-27(15-13-26)24(28)11-16-30-21-5-3-2-4-6-21/h2-10,18H,11-17H2,1H3. The van der Waals surface area contributed by atoms with Gasteiger partial charge in [-0.1, -0.05) is 18.2 Å². The van der Waals surface area contributed by atoms with Crippen molar-refractivity contribution in [3.63, 3.8) is 0 Å². The van der Waals surface area contributed by atoms with Crippen molar-refractivity contribution in [3.05, 3.63) is 65.0 Å². The third-order valence-electron chi connectivity index (χ3n) is 5.35. The van der Waals surface area contributed by atoms with Crippen LogP contribution < -0.4 is 4.74 Å². The number of hydrogen-bond acceptors (Lipinski definition) is 6. The second-order valence-corrected chi connectivity index (χ2v) is 9.53. The van der Waals surface area contributed by atoms with Crippen LogP contribution in [0.5, 0.6) is 5.75 Å². The summed E-state index contributed by atoms with van der Waals surface area (Å²) in [6.45, 7) is 4.23. The Bertz CT molecular complexity index is 968. The van der Waals surface area contributed by atoms with Crippen molar-refractivity contribution in [2.75, 3.05) is 39.0 Å². The molecule has 162 valence electrons. The molecule has 1 aliphatic rings. The van der Waals surface area contributed by atoms with Gasteiger partial charge in [-0.3, -0.25) is 9.69 Å². The van der Waals surface area contributed by atoms with E-state index in [0.717, 1.165) is 60.5 Å². The SMILES string of the molecule is COc1ccc(-c2csc(CN3CCN(C(=O)CCSc4ccccc4)CC3)n2)cc1. The molecule has 0 saturated carbocycles. The summed E-state index contributed by atoms with van der Waals surface area (Å²) in [5, 5.41) is 3.23. The molecule has 0 spiro atoms. The maximum Gasteiger partial charge on any atom is 0.223 e. The van der Waals surface area contributed by atoms with Crippen molar-refractivity contribution >= 4 is 29.0 Å². The molecule has 1 aliphatic heterocycles. The second kappa shape index (κ2) is 10.8. The van der Waals surface area contributed by atoms with Crippen LogP contribution in [0.15, 0.2) is 64.9 Å². The fraction of sp³-hybridized carbons (Fsp3) is 0.333. The average molecular weight is 454 g/mol. The largest absolute Gasteiger partial charge is 0.497 e. The van der Waals surface area contributed by atoms with Gasteiger partial charge in [-0.25, -0.2) is 4.98 Å². The van der Waals surface area contributed by atoms with E-state index in [9.17, 15) is 4.79 Å². The van der Waals surface area contributed by atoms with Gasteiger partial charge in [0.05, 0.1) is 19.3 Å². The summed E-state index contributed by atoms with van der Waals surface area (Å²) in [6.07, 6.45) is 0.595. The highest BCUT2D eigenvalue weighted by molar-refractivity contribution is 7.99. The van der Waals surface area contributed by atoms with Gasteiger partial charge in [0, 0.05) is 54.2 Å². The van der Waals surface area contributed by atoms with Crippen molar-refractivity contribution in [2.45, 2.75) is 17.9 Å². The van der Waals surface area contributed by atoms with Gasteiger partial charge in [0.2, 0.25) is 5.91 Å². The maximum absolute atomic E-state index is 12.5. The van der Waals surface area contributed by atoms with Crippen molar-refractivity contribution in [3.8, 4) is 17.0 Å². The summed E-state index contributed by atoms with van der Waals surface area (Å²) in [5.41, 5.74) is 2.11. The number of methoxy groups -OCH3 is 1. The molecule has 1 saturated heterocycles. The van der Waals surface area contributed by atoms with E-state index in [2.05, 4.69) is 22.4 Å². The van der Waals surface area contributed by atoms with Crippen molar-refractivity contribution in [1.82, 2.24) is 14.8 Å². The molecule has 1 fully saturated rings. The highest BCUT2D eigenvalue weighted by Gasteiger charge is 2.21. The Balaban J connectivity index is 1.21. The van der Waals surface area contributed by atoms with Crippen LogP contribution in [0.1, 0.15) is 11.4 Å². The van der Waals surface area contributed by atoms with Crippen LogP contribution >= 0.6 is 23.1 Å². The maximum atomic E-state index is 12.5. The molecule has 2 heterocycles. The summed E-state index contributed by atoms with van der Waals surface area (Å²) in [4.78, 5) is 23.0. The van der Waals surface area contributed by atoms with Gasteiger partial charge in [-0.15, -0.1) is 23.1 Å². The number of benzene rings is 2. The minimum Gasteiger partial charge on any atom is -0.497 e. The van der Waals surface area contributed by atoms with Crippen LogP contribution in [0.25, 0.3) is 11.3 Å². The lowest BCUT2D eigenvalue weighted by atomic mass is 10.2. The number of nitrogens with zero attached hydrogens (tertiary/aromatic N) is 3. The molecule has 2 aromatic carbocycles. The fourth-order valence-corrected chi connectivity index (χ4v) is 5.26. The molecule has 0 radical (unpaired) electrons. The number of piperazine rings is 1. The third kappa shape index (κ3) is 6.09. The lowest BCUT2D eigenvalue weighted by Gasteiger charge is -2.34. The number of thiazole rings is 1. The molecule has 0 unspecified atom stereocenters. The molecule has 7 heteroatoms. The van der Waals surface area contributed by atoms with Gasteiger partial charge in [0.15, 0.2) is 0 Å². The molecular formula is C24H27N3O2S2. The smallest absolute Gasteiger partial charge is 0.223 e. The second-order valence-electron chi connectivity index (χ2n) is 7.42. The van der Waals surface area contributed by atoms with Crippen LogP contribution in [0, 0.1) is 0 Å². The van der Waals surface area contributed by atoms with Gasteiger partial charge in [0.25, 0.3) is 0 Å². The Kier molecular flexibility index (Phi) is 7.61. The topological polar surface area (TPSA) is 45.7 Å². The third-order valence-corrected chi connectivity index (χ3v) is 7.20. The van der Waals surface area contributed by atoms with Crippen molar-refractivity contribution in [2.24, 2.45) is 0 Å². The van der Waals surface area contributed by atoms with Gasteiger partial charge in [-0.2, -0.15) is 0 Å². The highest BCUT2D eigenvalue weighted by atomic mass is 32.2. The summed E-state index contributed by atoms with van der Waals surface area (Å²) in [6, 6.07) is 18.3. The number of carbonyl (C=O) groups excluding carboxylic acids is 1. The van der Waals surface area contributed by atoms with E-state index < -0.39 is 0 Å².